The van der Waals surface area contributed by atoms with Crippen molar-refractivity contribution in [3.63, 3.8) is 0 Å². The summed E-state index contributed by atoms with van der Waals surface area (Å²) in [5.74, 6) is 0. The summed E-state index contributed by atoms with van der Waals surface area (Å²) in [7, 11) is 0. The van der Waals surface area contributed by atoms with Gasteiger partial charge in [0.25, 0.3) is 0 Å². The van der Waals surface area contributed by atoms with Gasteiger partial charge in [0.15, 0.2) is 0 Å². The maximum atomic E-state index is 8.23. The first kappa shape index (κ1) is 7.18. The van der Waals surface area contributed by atoms with E-state index in [9.17, 15) is 0 Å². The average Bonchev–Trinajstić information content (AvgIpc) is 1.69. The zero-order valence-electron chi connectivity index (χ0n) is 4.10. The standard InChI is InChI=1S/C5H9BrO/c6-4-2-1-3-5-7/h1-2,7H,3-5H2/b2-1+. The largest absolute Gasteiger partial charge is 0.396 e. The van der Waals surface area contributed by atoms with Crippen LogP contribution in [0.2, 0.25) is 0 Å². The third-order valence-electron chi connectivity index (χ3n) is 0.552. The van der Waals surface area contributed by atoms with Crippen molar-refractivity contribution < 1.29 is 5.11 Å². The molecule has 0 aliphatic carbocycles. The van der Waals surface area contributed by atoms with Crippen molar-refractivity contribution in [3.8, 4) is 0 Å². The second kappa shape index (κ2) is 6.18. The predicted molar refractivity (Wildman–Crippen MR) is 34.6 cm³/mol. The summed E-state index contributed by atoms with van der Waals surface area (Å²) < 4.78 is 0. The highest BCUT2D eigenvalue weighted by Crippen LogP contribution is 1.83. The fourth-order valence-electron chi connectivity index (χ4n) is 0.255. The van der Waals surface area contributed by atoms with E-state index in [0.717, 1.165) is 11.8 Å². The first-order valence-corrected chi connectivity index (χ1v) is 3.35. The third kappa shape index (κ3) is 6.18. The lowest BCUT2D eigenvalue weighted by atomic mass is 10.4. The molecule has 0 fully saturated rings. The zero-order chi connectivity index (χ0) is 5.54. The van der Waals surface area contributed by atoms with E-state index in [0.29, 0.717) is 0 Å². The minimum absolute atomic E-state index is 0.253. The van der Waals surface area contributed by atoms with Gasteiger partial charge in [0.2, 0.25) is 0 Å². The molecule has 0 unspecified atom stereocenters. The molecule has 1 N–H and O–H groups in total. The fourth-order valence-corrected chi connectivity index (χ4v) is 0.520. The Labute approximate surface area is 52.2 Å². The number of hydrogen-bond acceptors (Lipinski definition) is 1. The van der Waals surface area contributed by atoms with Crippen LogP contribution in [0.15, 0.2) is 12.2 Å². The molecule has 0 bridgehead atoms. The minimum atomic E-state index is 0.253. The summed E-state index contributed by atoms with van der Waals surface area (Å²) in [5.41, 5.74) is 0. The van der Waals surface area contributed by atoms with E-state index in [4.69, 9.17) is 5.11 Å². The van der Waals surface area contributed by atoms with Crippen LogP contribution in [0, 0.1) is 0 Å². The van der Waals surface area contributed by atoms with Crippen LogP contribution in [0.4, 0.5) is 0 Å². The van der Waals surface area contributed by atoms with Crippen molar-refractivity contribution >= 4 is 15.9 Å². The maximum absolute atomic E-state index is 8.23. The number of rotatable bonds is 3. The molecule has 0 rings (SSSR count). The normalized spacial score (nSPS) is 10.6. The molecule has 0 radical (unpaired) electrons. The van der Waals surface area contributed by atoms with Crippen LogP contribution in [0.5, 0.6) is 0 Å². The van der Waals surface area contributed by atoms with Crippen molar-refractivity contribution in [2.24, 2.45) is 0 Å². The molecule has 0 amide bonds. The lowest BCUT2D eigenvalue weighted by molar-refractivity contribution is 0.302. The smallest absolute Gasteiger partial charge is 0.0465 e. The van der Waals surface area contributed by atoms with E-state index >= 15 is 0 Å². The van der Waals surface area contributed by atoms with Crippen LogP contribution in [-0.4, -0.2) is 17.0 Å². The SMILES string of the molecule is OCC/C=C/CBr. The molecule has 0 heterocycles. The zero-order valence-corrected chi connectivity index (χ0v) is 5.69. The molecular formula is C5H9BrO. The third-order valence-corrected chi connectivity index (χ3v) is 0.925. The second-order valence-corrected chi connectivity index (χ2v) is 1.79. The van der Waals surface area contributed by atoms with Gasteiger partial charge < -0.3 is 5.11 Å². The molecule has 0 atom stereocenters. The van der Waals surface area contributed by atoms with Crippen molar-refractivity contribution in [2.45, 2.75) is 6.42 Å². The van der Waals surface area contributed by atoms with E-state index in [1.807, 2.05) is 12.2 Å². The monoisotopic (exact) mass is 164 g/mol. The van der Waals surface area contributed by atoms with Crippen LogP contribution >= 0.6 is 15.9 Å². The van der Waals surface area contributed by atoms with E-state index in [-0.39, 0.29) is 6.61 Å². The van der Waals surface area contributed by atoms with Gasteiger partial charge in [0, 0.05) is 11.9 Å². The van der Waals surface area contributed by atoms with Crippen LogP contribution < -0.4 is 0 Å². The van der Waals surface area contributed by atoms with Gasteiger partial charge in [-0.15, -0.1) is 0 Å². The molecule has 7 heavy (non-hydrogen) atoms. The number of hydrogen-bond donors (Lipinski definition) is 1. The molecule has 42 valence electrons. The summed E-state index contributed by atoms with van der Waals surface area (Å²) in [6.07, 6.45) is 4.68. The Bertz CT molecular complexity index is 52.0. The highest BCUT2D eigenvalue weighted by molar-refractivity contribution is 9.09. The molecule has 2 heteroatoms. The van der Waals surface area contributed by atoms with Gasteiger partial charge in [-0.3, -0.25) is 0 Å². The molecule has 0 aromatic rings. The molecule has 0 saturated carbocycles. The Morgan fingerprint density at radius 1 is 1.43 bits per heavy atom. The summed E-state index contributed by atoms with van der Waals surface area (Å²) in [6.45, 7) is 0.253. The van der Waals surface area contributed by atoms with E-state index in [1.54, 1.807) is 0 Å². The Morgan fingerprint density at radius 3 is 2.57 bits per heavy atom. The van der Waals surface area contributed by atoms with Crippen molar-refractivity contribution in [1.82, 2.24) is 0 Å². The van der Waals surface area contributed by atoms with Crippen molar-refractivity contribution in [1.29, 1.82) is 0 Å². The lowest BCUT2D eigenvalue weighted by Crippen LogP contribution is -1.74. The Balaban J connectivity index is 2.78. The van der Waals surface area contributed by atoms with Crippen molar-refractivity contribution in [2.75, 3.05) is 11.9 Å². The van der Waals surface area contributed by atoms with Gasteiger partial charge in [0.1, 0.15) is 0 Å². The molecule has 0 aliphatic rings. The van der Waals surface area contributed by atoms with Crippen LogP contribution in [-0.2, 0) is 0 Å². The Hall–Kier alpha value is 0.180. The molecule has 0 saturated heterocycles. The van der Waals surface area contributed by atoms with E-state index in [2.05, 4.69) is 15.9 Å². The van der Waals surface area contributed by atoms with Gasteiger partial charge in [-0.05, 0) is 6.42 Å². The average molecular weight is 165 g/mol. The highest BCUT2D eigenvalue weighted by atomic mass is 79.9. The fraction of sp³-hybridized carbons (Fsp3) is 0.600. The topological polar surface area (TPSA) is 20.2 Å². The predicted octanol–water partition coefficient (Wildman–Crippen LogP) is 1.32. The number of halogens is 1. The molecule has 0 spiro atoms. The van der Waals surface area contributed by atoms with Gasteiger partial charge >= 0.3 is 0 Å². The van der Waals surface area contributed by atoms with Crippen LogP contribution in [0.3, 0.4) is 0 Å². The minimum Gasteiger partial charge on any atom is -0.396 e. The number of aliphatic hydroxyl groups is 1. The van der Waals surface area contributed by atoms with Crippen LogP contribution in [0.25, 0.3) is 0 Å². The number of allylic oxidation sites excluding steroid dienone is 1. The summed E-state index contributed by atoms with van der Waals surface area (Å²) >= 11 is 3.21. The first-order valence-electron chi connectivity index (χ1n) is 2.23. The summed E-state index contributed by atoms with van der Waals surface area (Å²) in [4.78, 5) is 0. The summed E-state index contributed by atoms with van der Waals surface area (Å²) in [6, 6.07) is 0. The van der Waals surface area contributed by atoms with E-state index < -0.39 is 0 Å². The molecule has 0 aliphatic heterocycles. The maximum Gasteiger partial charge on any atom is 0.0465 e. The van der Waals surface area contributed by atoms with Crippen LogP contribution in [0.1, 0.15) is 6.42 Å². The summed E-state index contributed by atoms with van der Waals surface area (Å²) in [5, 5.41) is 9.11. The molecular weight excluding hydrogens is 156 g/mol. The second-order valence-electron chi connectivity index (χ2n) is 1.14. The lowest BCUT2D eigenvalue weighted by Gasteiger charge is -1.79. The Morgan fingerprint density at radius 2 is 2.14 bits per heavy atom. The Kier molecular flexibility index (Phi) is 6.34. The first-order chi connectivity index (χ1) is 3.41. The van der Waals surface area contributed by atoms with Gasteiger partial charge in [-0.25, -0.2) is 0 Å². The molecule has 1 nitrogen and oxygen atoms in total. The van der Waals surface area contributed by atoms with Gasteiger partial charge in [0.05, 0.1) is 0 Å². The van der Waals surface area contributed by atoms with Crippen molar-refractivity contribution in [3.05, 3.63) is 12.2 Å². The molecule has 0 aromatic heterocycles. The van der Waals surface area contributed by atoms with Gasteiger partial charge in [-0.2, -0.15) is 0 Å². The number of alkyl halides is 1. The van der Waals surface area contributed by atoms with E-state index in [1.165, 1.54) is 0 Å². The quantitative estimate of drug-likeness (QED) is 0.493. The number of aliphatic hydroxyl groups excluding tert-OH is 1. The highest BCUT2D eigenvalue weighted by Gasteiger charge is 1.69. The van der Waals surface area contributed by atoms with Gasteiger partial charge in [-0.1, -0.05) is 28.1 Å². The molecule has 0 aromatic carbocycles.